The van der Waals surface area contributed by atoms with Crippen LogP contribution in [0.25, 0.3) is 0 Å². The number of rotatable bonds is 7. The number of carbonyl (C=O) groups is 1. The van der Waals surface area contributed by atoms with Crippen LogP contribution in [0.1, 0.15) is 68.6 Å². The maximum Gasteiger partial charge on any atom is 0.400 e. The van der Waals surface area contributed by atoms with E-state index in [1.165, 1.54) is 0 Å². The minimum absolute atomic E-state index is 0.165. The highest BCUT2D eigenvalue weighted by Gasteiger charge is 2.45. The first kappa shape index (κ1) is 31.6. The van der Waals surface area contributed by atoms with Crippen LogP contribution in [0, 0.1) is 58.7 Å². The molecule has 0 atom stereocenters. The Morgan fingerprint density at radius 2 is 1.19 bits per heavy atom. The van der Waals surface area contributed by atoms with Gasteiger partial charge in [-0.1, -0.05) is 6.92 Å². The third-order valence-electron chi connectivity index (χ3n) is 8.85. The fraction of sp³-hybridized carbons (Fsp3) is 0.581. The van der Waals surface area contributed by atoms with Crippen molar-refractivity contribution >= 4 is 5.97 Å². The second kappa shape index (κ2) is 13.0. The Balaban J connectivity index is 1.14. The topological polar surface area (TPSA) is 54.0 Å². The zero-order valence-electron chi connectivity index (χ0n) is 23.5. The summed E-state index contributed by atoms with van der Waals surface area (Å²) in [5, 5.41) is 0. The van der Waals surface area contributed by atoms with Crippen LogP contribution in [-0.4, -0.2) is 31.6 Å². The molecule has 3 aliphatic rings. The van der Waals surface area contributed by atoms with E-state index in [4.69, 9.17) is 14.2 Å². The number of hydrogen-bond acceptors (Lipinski definition) is 5. The molecule has 0 spiro atoms. The van der Waals surface area contributed by atoms with Gasteiger partial charge < -0.3 is 18.9 Å². The van der Waals surface area contributed by atoms with Gasteiger partial charge >= 0.3 is 12.1 Å². The number of hydrogen-bond donors (Lipinski definition) is 0. The van der Waals surface area contributed by atoms with E-state index in [1.54, 1.807) is 0 Å². The lowest BCUT2D eigenvalue weighted by atomic mass is 9.69. The van der Waals surface area contributed by atoms with Crippen LogP contribution < -0.4 is 9.47 Å². The number of esters is 1. The quantitative estimate of drug-likeness (QED) is 0.136. The van der Waals surface area contributed by atoms with Crippen molar-refractivity contribution in [2.45, 2.75) is 70.7 Å². The van der Waals surface area contributed by atoms with Crippen molar-refractivity contribution in [2.75, 3.05) is 13.2 Å². The van der Waals surface area contributed by atoms with Gasteiger partial charge in [0.05, 0.1) is 19.1 Å². The summed E-state index contributed by atoms with van der Waals surface area (Å²) in [7, 11) is 0. The molecule has 2 aliphatic carbocycles. The average Bonchev–Trinajstić information content (AvgIpc) is 2.96. The van der Waals surface area contributed by atoms with E-state index in [-0.39, 0.29) is 19.1 Å². The van der Waals surface area contributed by atoms with Gasteiger partial charge in [-0.3, -0.25) is 0 Å². The van der Waals surface area contributed by atoms with Crippen LogP contribution in [0.3, 0.4) is 0 Å². The first-order chi connectivity index (χ1) is 20.4. The highest BCUT2D eigenvalue weighted by molar-refractivity contribution is 5.91. The van der Waals surface area contributed by atoms with E-state index in [9.17, 15) is 26.7 Å². The first-order valence-corrected chi connectivity index (χ1v) is 14.6. The van der Waals surface area contributed by atoms with Gasteiger partial charge in [0.2, 0.25) is 0 Å². The van der Waals surface area contributed by atoms with Gasteiger partial charge in [0, 0.05) is 36.1 Å². The van der Waals surface area contributed by atoms with Crippen molar-refractivity contribution in [3.05, 3.63) is 58.9 Å². The van der Waals surface area contributed by atoms with E-state index >= 15 is 8.78 Å². The molecule has 0 amide bonds. The average molecular weight is 619 g/mol. The van der Waals surface area contributed by atoms with Crippen LogP contribution in [0.2, 0.25) is 0 Å². The smallest absolute Gasteiger partial charge is 0.400 e. The van der Waals surface area contributed by atoms with Gasteiger partial charge in [0.25, 0.3) is 0 Å². The van der Waals surface area contributed by atoms with E-state index < -0.39 is 64.1 Å². The van der Waals surface area contributed by atoms with E-state index in [2.05, 4.69) is 11.7 Å². The van der Waals surface area contributed by atoms with Gasteiger partial charge in [0.15, 0.2) is 23.7 Å². The Bertz CT molecular complexity index is 1250. The van der Waals surface area contributed by atoms with Crippen LogP contribution in [0.15, 0.2) is 24.3 Å². The third-order valence-corrected chi connectivity index (χ3v) is 8.85. The maximum atomic E-state index is 15.1. The summed E-state index contributed by atoms with van der Waals surface area (Å²) in [5.74, 6) is -11.4. The third kappa shape index (κ3) is 7.28. The van der Waals surface area contributed by atoms with Gasteiger partial charge in [-0.15, -0.1) is 0 Å². The Kier molecular flexibility index (Phi) is 9.55. The molecule has 5 nitrogen and oxygen atoms in total. The summed E-state index contributed by atoms with van der Waals surface area (Å²) in [6.07, 6.45) is 1.59. The summed E-state index contributed by atoms with van der Waals surface area (Å²) >= 11 is 0. The van der Waals surface area contributed by atoms with Crippen molar-refractivity contribution in [2.24, 2.45) is 29.6 Å². The van der Waals surface area contributed by atoms with Crippen molar-refractivity contribution in [1.82, 2.24) is 0 Å². The fourth-order valence-corrected chi connectivity index (χ4v) is 6.50. The Labute approximate surface area is 244 Å². The maximum absolute atomic E-state index is 15.1. The molecule has 0 aromatic heterocycles. The second-order valence-corrected chi connectivity index (χ2v) is 11.9. The van der Waals surface area contributed by atoms with Gasteiger partial charge in [0.1, 0.15) is 28.7 Å². The first-order valence-electron chi connectivity index (χ1n) is 14.6. The number of ether oxygens (including phenoxy) is 4. The Hall–Kier alpha value is -2.86. The van der Waals surface area contributed by atoms with E-state index in [0.717, 1.165) is 25.7 Å². The SMILES string of the molecule is CC1COC(C2CCC(C3CCC(C(F)(F)Oc4cc(F)c(C(=O)Oc5cc(F)c(F)c(F)c5)c(F)c4)CC3)CC2)OC1. The molecule has 236 valence electrons. The lowest BCUT2D eigenvalue weighted by Crippen LogP contribution is -2.40. The molecular formula is C31H33F7O5. The summed E-state index contributed by atoms with van der Waals surface area (Å²) in [4.78, 5) is 12.2. The second-order valence-electron chi connectivity index (χ2n) is 11.9. The number of carbonyl (C=O) groups excluding carboxylic acids is 1. The number of alkyl halides is 2. The van der Waals surface area contributed by atoms with Crippen LogP contribution >= 0.6 is 0 Å². The van der Waals surface area contributed by atoms with Crippen molar-refractivity contribution in [1.29, 1.82) is 0 Å². The summed E-state index contributed by atoms with van der Waals surface area (Å²) in [6, 6.07) is 1.44. The summed E-state index contributed by atoms with van der Waals surface area (Å²) in [6.45, 7) is 3.48. The molecule has 1 saturated heterocycles. The standard InChI is InChI=1S/C31H33F7O5/c1-16-14-40-30(41-15-16)19-4-2-17(3-5-19)18-6-8-20(9-7-18)31(37,38)43-22-12-23(32)27(24(33)13-22)29(39)42-21-10-25(34)28(36)26(35)11-21/h10-13,16-20,30H,2-9,14-15H2,1H3. The number of benzene rings is 2. The van der Waals surface area contributed by atoms with Crippen molar-refractivity contribution in [3.8, 4) is 11.5 Å². The van der Waals surface area contributed by atoms with Crippen molar-refractivity contribution < 1.29 is 54.5 Å². The molecule has 1 aliphatic heterocycles. The molecule has 3 fully saturated rings. The van der Waals surface area contributed by atoms with Gasteiger partial charge in [-0.2, -0.15) is 8.78 Å². The lowest BCUT2D eigenvalue weighted by Gasteiger charge is -2.41. The molecule has 43 heavy (non-hydrogen) atoms. The highest BCUT2D eigenvalue weighted by Crippen LogP contribution is 2.46. The minimum Gasteiger partial charge on any atom is -0.432 e. The van der Waals surface area contributed by atoms with Crippen LogP contribution in [-0.2, 0) is 9.47 Å². The molecule has 0 N–H and O–H groups in total. The van der Waals surface area contributed by atoms with Gasteiger partial charge in [-0.25, -0.2) is 26.7 Å². The Morgan fingerprint density at radius 3 is 1.72 bits per heavy atom. The summed E-state index contributed by atoms with van der Waals surface area (Å²) < 4.78 is 120. The minimum atomic E-state index is -3.72. The molecule has 5 rings (SSSR count). The predicted molar refractivity (Wildman–Crippen MR) is 139 cm³/mol. The fourth-order valence-electron chi connectivity index (χ4n) is 6.50. The molecule has 1 heterocycles. The monoisotopic (exact) mass is 618 g/mol. The molecule has 0 radical (unpaired) electrons. The molecule has 2 aromatic carbocycles. The molecule has 2 saturated carbocycles. The number of halogens is 7. The molecule has 12 heteroatoms. The normalized spacial score (nSPS) is 28.4. The van der Waals surface area contributed by atoms with Crippen molar-refractivity contribution in [3.63, 3.8) is 0 Å². The Morgan fingerprint density at radius 1 is 0.721 bits per heavy atom. The molecule has 0 bridgehead atoms. The van der Waals surface area contributed by atoms with E-state index in [1.807, 2.05) is 0 Å². The highest BCUT2D eigenvalue weighted by atomic mass is 19.3. The zero-order chi connectivity index (χ0) is 30.9. The predicted octanol–water partition coefficient (Wildman–Crippen LogP) is 8.19. The lowest BCUT2D eigenvalue weighted by molar-refractivity contribution is -0.229. The van der Waals surface area contributed by atoms with E-state index in [0.29, 0.717) is 74.0 Å². The van der Waals surface area contributed by atoms with Crippen LogP contribution in [0.5, 0.6) is 11.5 Å². The summed E-state index contributed by atoms with van der Waals surface area (Å²) in [5.41, 5.74) is -1.30. The largest absolute Gasteiger partial charge is 0.432 e. The molecular weight excluding hydrogens is 585 g/mol. The zero-order valence-corrected chi connectivity index (χ0v) is 23.5. The van der Waals surface area contributed by atoms with Crippen LogP contribution in [0.4, 0.5) is 30.7 Å². The molecule has 2 aromatic rings. The molecule has 0 unspecified atom stereocenters. The van der Waals surface area contributed by atoms with Gasteiger partial charge in [-0.05, 0) is 63.2 Å².